The molecule has 2 saturated heterocycles. The van der Waals surface area contributed by atoms with Crippen LogP contribution in [0.25, 0.3) is 0 Å². The van der Waals surface area contributed by atoms with E-state index in [2.05, 4.69) is 17.2 Å². The minimum Gasteiger partial charge on any atom is -0.335 e. The van der Waals surface area contributed by atoms with Crippen molar-refractivity contribution in [1.82, 2.24) is 15.2 Å². The van der Waals surface area contributed by atoms with Gasteiger partial charge in [-0.3, -0.25) is 9.78 Å². The highest BCUT2D eigenvalue weighted by molar-refractivity contribution is 5.94. The molecular weight excluding hydrogens is 214 g/mol. The Balaban J connectivity index is 1.80. The molecule has 3 atom stereocenters. The summed E-state index contributed by atoms with van der Waals surface area (Å²) < 4.78 is 0. The van der Waals surface area contributed by atoms with Crippen LogP contribution in [0.3, 0.4) is 0 Å². The molecule has 1 aromatic heterocycles. The minimum atomic E-state index is 0.125. The number of carbonyl (C=O) groups is 1. The van der Waals surface area contributed by atoms with Gasteiger partial charge < -0.3 is 10.2 Å². The Hall–Kier alpha value is -1.42. The van der Waals surface area contributed by atoms with E-state index >= 15 is 0 Å². The van der Waals surface area contributed by atoms with Gasteiger partial charge in [-0.2, -0.15) is 0 Å². The minimum absolute atomic E-state index is 0.125. The summed E-state index contributed by atoms with van der Waals surface area (Å²) in [6, 6.07) is 3.99. The summed E-state index contributed by atoms with van der Waals surface area (Å²) in [5, 5.41) is 3.40. The molecule has 1 aromatic rings. The maximum absolute atomic E-state index is 12.4. The Morgan fingerprint density at radius 3 is 3.12 bits per heavy atom. The lowest BCUT2D eigenvalue weighted by Crippen LogP contribution is -2.38. The maximum Gasteiger partial charge on any atom is 0.255 e. The summed E-state index contributed by atoms with van der Waals surface area (Å²) in [5.74, 6) is 1.38. The van der Waals surface area contributed by atoms with Crippen LogP contribution in [0, 0.1) is 11.8 Å². The Bertz CT molecular complexity index is 420. The number of nitrogens with zero attached hydrogens (tertiary/aromatic N) is 2. The van der Waals surface area contributed by atoms with Gasteiger partial charge in [-0.05, 0) is 30.9 Å². The zero-order chi connectivity index (χ0) is 11.8. The first kappa shape index (κ1) is 10.7. The lowest BCUT2D eigenvalue weighted by molar-refractivity contribution is 0.0728. The van der Waals surface area contributed by atoms with Gasteiger partial charge in [-0.15, -0.1) is 0 Å². The summed E-state index contributed by atoms with van der Waals surface area (Å²) in [4.78, 5) is 18.4. The predicted molar refractivity (Wildman–Crippen MR) is 64.6 cm³/mol. The lowest BCUT2D eigenvalue weighted by Gasteiger charge is -2.24. The first-order chi connectivity index (χ1) is 8.27. The number of rotatable bonds is 1. The number of pyridine rings is 1. The molecule has 3 heterocycles. The molecule has 4 nitrogen and oxygen atoms in total. The lowest BCUT2D eigenvalue weighted by atomic mass is 9.95. The molecular formula is C13H17N3O. The van der Waals surface area contributed by atoms with Crippen molar-refractivity contribution < 1.29 is 4.79 Å². The van der Waals surface area contributed by atoms with E-state index in [4.69, 9.17) is 0 Å². The van der Waals surface area contributed by atoms with E-state index in [0.717, 1.165) is 19.6 Å². The first-order valence-corrected chi connectivity index (χ1v) is 6.19. The van der Waals surface area contributed by atoms with Crippen molar-refractivity contribution in [3.05, 3.63) is 30.1 Å². The summed E-state index contributed by atoms with van der Waals surface area (Å²) in [5.41, 5.74) is 0.701. The van der Waals surface area contributed by atoms with Gasteiger partial charge in [0.2, 0.25) is 0 Å². The van der Waals surface area contributed by atoms with Gasteiger partial charge in [0.05, 0.1) is 5.56 Å². The second kappa shape index (κ2) is 4.11. The van der Waals surface area contributed by atoms with Crippen molar-refractivity contribution in [1.29, 1.82) is 0 Å². The molecule has 0 saturated carbocycles. The zero-order valence-corrected chi connectivity index (χ0v) is 9.97. The van der Waals surface area contributed by atoms with E-state index in [0.29, 0.717) is 23.4 Å². The van der Waals surface area contributed by atoms with Gasteiger partial charge >= 0.3 is 0 Å². The molecule has 0 aliphatic carbocycles. The van der Waals surface area contributed by atoms with Gasteiger partial charge in [0, 0.05) is 38.1 Å². The second-order valence-electron chi connectivity index (χ2n) is 5.02. The van der Waals surface area contributed by atoms with E-state index in [9.17, 15) is 4.79 Å². The number of hydrogen-bond donors (Lipinski definition) is 1. The molecule has 4 heteroatoms. The highest BCUT2D eigenvalue weighted by Crippen LogP contribution is 2.33. The van der Waals surface area contributed by atoms with Crippen molar-refractivity contribution in [2.24, 2.45) is 11.8 Å². The van der Waals surface area contributed by atoms with Crippen molar-refractivity contribution in [2.75, 3.05) is 19.6 Å². The fourth-order valence-corrected chi connectivity index (χ4v) is 3.09. The highest BCUT2D eigenvalue weighted by Gasteiger charge is 2.43. The summed E-state index contributed by atoms with van der Waals surface area (Å²) >= 11 is 0. The molecule has 0 bridgehead atoms. The van der Waals surface area contributed by atoms with Crippen LogP contribution >= 0.6 is 0 Å². The van der Waals surface area contributed by atoms with Crippen LogP contribution in [0.1, 0.15) is 17.3 Å². The van der Waals surface area contributed by atoms with E-state index in [-0.39, 0.29) is 5.91 Å². The molecule has 3 rings (SSSR count). The van der Waals surface area contributed by atoms with Gasteiger partial charge in [-0.1, -0.05) is 0 Å². The SMILES string of the molecule is CC1C2CNCC2CN1C(=O)c1cccnc1. The van der Waals surface area contributed by atoms with Crippen LogP contribution in [-0.4, -0.2) is 41.5 Å². The van der Waals surface area contributed by atoms with Crippen molar-refractivity contribution in [3.63, 3.8) is 0 Å². The number of aromatic nitrogens is 1. The quantitative estimate of drug-likeness (QED) is 0.776. The number of hydrogen-bond acceptors (Lipinski definition) is 3. The number of nitrogens with one attached hydrogen (secondary N) is 1. The average Bonchev–Trinajstić information content (AvgIpc) is 2.93. The summed E-state index contributed by atoms with van der Waals surface area (Å²) in [6.07, 6.45) is 3.35. The molecule has 2 fully saturated rings. The molecule has 2 aliphatic rings. The van der Waals surface area contributed by atoms with Crippen LogP contribution in [0.15, 0.2) is 24.5 Å². The fraction of sp³-hybridized carbons (Fsp3) is 0.538. The highest BCUT2D eigenvalue weighted by atomic mass is 16.2. The number of carbonyl (C=O) groups excluding carboxylic acids is 1. The molecule has 17 heavy (non-hydrogen) atoms. The molecule has 0 radical (unpaired) electrons. The van der Waals surface area contributed by atoms with Crippen LogP contribution in [0.4, 0.5) is 0 Å². The van der Waals surface area contributed by atoms with Gasteiger partial charge in [-0.25, -0.2) is 0 Å². The van der Waals surface area contributed by atoms with Crippen molar-refractivity contribution >= 4 is 5.91 Å². The Kier molecular flexibility index (Phi) is 2.59. The fourth-order valence-electron chi connectivity index (χ4n) is 3.09. The number of fused-ring (bicyclic) bond motifs is 1. The largest absolute Gasteiger partial charge is 0.335 e. The molecule has 0 aromatic carbocycles. The van der Waals surface area contributed by atoms with E-state index < -0.39 is 0 Å². The molecule has 1 N–H and O–H groups in total. The maximum atomic E-state index is 12.4. The molecule has 90 valence electrons. The third-order valence-corrected chi connectivity index (χ3v) is 4.10. The van der Waals surface area contributed by atoms with Gasteiger partial charge in [0.15, 0.2) is 0 Å². The number of likely N-dealkylation sites (tertiary alicyclic amines) is 1. The molecule has 0 spiro atoms. The first-order valence-electron chi connectivity index (χ1n) is 6.19. The van der Waals surface area contributed by atoms with Gasteiger partial charge in [0.25, 0.3) is 5.91 Å². The summed E-state index contributed by atoms with van der Waals surface area (Å²) in [6.45, 7) is 5.13. The van der Waals surface area contributed by atoms with E-state index in [1.54, 1.807) is 12.4 Å². The van der Waals surface area contributed by atoms with E-state index in [1.165, 1.54) is 0 Å². The Labute approximate surface area is 101 Å². The molecule has 3 unspecified atom stereocenters. The third kappa shape index (κ3) is 1.72. The van der Waals surface area contributed by atoms with Crippen LogP contribution in [-0.2, 0) is 0 Å². The van der Waals surface area contributed by atoms with E-state index in [1.807, 2.05) is 17.0 Å². The van der Waals surface area contributed by atoms with Crippen LogP contribution in [0.2, 0.25) is 0 Å². The van der Waals surface area contributed by atoms with Crippen LogP contribution in [0.5, 0.6) is 0 Å². The normalized spacial score (nSPS) is 31.6. The topological polar surface area (TPSA) is 45.2 Å². The monoisotopic (exact) mass is 231 g/mol. The zero-order valence-electron chi connectivity index (χ0n) is 9.97. The average molecular weight is 231 g/mol. The third-order valence-electron chi connectivity index (χ3n) is 4.10. The van der Waals surface area contributed by atoms with Crippen molar-refractivity contribution in [3.8, 4) is 0 Å². The Morgan fingerprint density at radius 1 is 1.53 bits per heavy atom. The predicted octanol–water partition coefficient (Wildman–Crippen LogP) is 0.761. The van der Waals surface area contributed by atoms with Crippen LogP contribution < -0.4 is 5.32 Å². The number of amides is 1. The Morgan fingerprint density at radius 2 is 2.41 bits per heavy atom. The standard InChI is InChI=1S/C13H17N3O/c1-9-12-7-15-6-11(12)8-16(9)13(17)10-3-2-4-14-5-10/h2-5,9,11-12,15H,6-8H2,1H3. The van der Waals surface area contributed by atoms with Gasteiger partial charge in [0.1, 0.15) is 0 Å². The molecule has 2 aliphatic heterocycles. The molecule has 1 amide bonds. The summed E-state index contributed by atoms with van der Waals surface area (Å²) in [7, 11) is 0. The second-order valence-corrected chi connectivity index (χ2v) is 5.02. The van der Waals surface area contributed by atoms with Crippen molar-refractivity contribution in [2.45, 2.75) is 13.0 Å². The smallest absolute Gasteiger partial charge is 0.255 e.